The third kappa shape index (κ3) is 3.80. The van der Waals surface area contributed by atoms with Crippen LogP contribution >= 0.6 is 0 Å². The number of hydrogen-bond acceptors (Lipinski definition) is 7. The molecule has 0 saturated carbocycles. The van der Waals surface area contributed by atoms with Crippen molar-refractivity contribution in [1.82, 2.24) is 10.3 Å². The molecule has 1 aliphatic rings. The van der Waals surface area contributed by atoms with E-state index in [2.05, 4.69) is 21.3 Å². The van der Waals surface area contributed by atoms with Crippen molar-refractivity contribution in [1.29, 1.82) is 5.26 Å². The number of methoxy groups -OCH3 is 3. The summed E-state index contributed by atoms with van der Waals surface area (Å²) in [6, 6.07) is 10.8. The van der Waals surface area contributed by atoms with E-state index in [1.165, 1.54) is 13.2 Å². The number of pyridine rings is 1. The van der Waals surface area contributed by atoms with Crippen molar-refractivity contribution in [3.8, 4) is 23.3 Å². The molecule has 1 aliphatic heterocycles. The molecule has 3 aromatic rings. The molecule has 0 radical (unpaired) electrons. The third-order valence-corrected chi connectivity index (χ3v) is 5.54. The monoisotopic (exact) mass is 422 g/mol. The molecule has 8 heteroatoms. The maximum absolute atomic E-state index is 14.2. The van der Waals surface area contributed by atoms with E-state index < -0.39 is 5.82 Å². The van der Waals surface area contributed by atoms with E-state index >= 15 is 0 Å². The Morgan fingerprint density at radius 3 is 2.42 bits per heavy atom. The lowest BCUT2D eigenvalue weighted by Gasteiger charge is -2.35. The quantitative estimate of drug-likeness (QED) is 0.675. The fraction of sp³-hybridized carbons (Fsp3) is 0.304. The SMILES string of the molecule is COc1ccc(C2CN(c3ncc(C#N)c4cc(OC)c(OC)cc34)CCN2)cc1F. The normalized spacial score (nSPS) is 16.1. The Labute approximate surface area is 180 Å². The standard InChI is InChI=1S/C23H23FN4O3/c1-29-20-5-4-14(8-18(20)24)19-13-28(7-6-26-19)23-17-10-22(31-3)21(30-2)9-16(17)15(11-25)12-27-23/h4-5,8-10,12,19,26H,6-7,13H2,1-3H3. The average molecular weight is 422 g/mol. The number of anilines is 1. The summed E-state index contributed by atoms with van der Waals surface area (Å²) in [6.45, 7) is 2.01. The molecule has 7 nitrogen and oxygen atoms in total. The molecule has 0 aliphatic carbocycles. The van der Waals surface area contributed by atoms with Crippen molar-refractivity contribution in [2.75, 3.05) is 45.9 Å². The van der Waals surface area contributed by atoms with E-state index in [0.29, 0.717) is 30.2 Å². The van der Waals surface area contributed by atoms with E-state index in [1.54, 1.807) is 32.5 Å². The molecule has 1 aromatic heterocycles. The van der Waals surface area contributed by atoms with Crippen LogP contribution in [0.5, 0.6) is 17.2 Å². The molecule has 1 N–H and O–H groups in total. The van der Waals surface area contributed by atoms with Gasteiger partial charge in [0, 0.05) is 36.6 Å². The summed E-state index contributed by atoms with van der Waals surface area (Å²) in [6.07, 6.45) is 1.58. The predicted molar refractivity (Wildman–Crippen MR) is 115 cm³/mol. The van der Waals surface area contributed by atoms with Gasteiger partial charge >= 0.3 is 0 Å². The van der Waals surface area contributed by atoms with Gasteiger partial charge in [0.1, 0.15) is 11.9 Å². The van der Waals surface area contributed by atoms with Crippen molar-refractivity contribution >= 4 is 16.6 Å². The van der Waals surface area contributed by atoms with Crippen LogP contribution in [0.4, 0.5) is 10.2 Å². The molecule has 4 rings (SSSR count). The fourth-order valence-electron chi connectivity index (χ4n) is 3.96. The first-order valence-electron chi connectivity index (χ1n) is 9.86. The van der Waals surface area contributed by atoms with Crippen LogP contribution in [0.2, 0.25) is 0 Å². The van der Waals surface area contributed by atoms with Gasteiger partial charge in [-0.25, -0.2) is 9.37 Å². The minimum atomic E-state index is -0.391. The number of ether oxygens (including phenoxy) is 3. The van der Waals surface area contributed by atoms with Gasteiger partial charge in [-0.1, -0.05) is 6.07 Å². The summed E-state index contributed by atoms with van der Waals surface area (Å²) in [5.41, 5.74) is 1.30. The molecular weight excluding hydrogens is 399 g/mol. The van der Waals surface area contributed by atoms with Gasteiger partial charge in [-0.05, 0) is 29.8 Å². The lowest BCUT2D eigenvalue weighted by atomic mass is 10.0. The van der Waals surface area contributed by atoms with Crippen LogP contribution in [0, 0.1) is 17.1 Å². The first-order chi connectivity index (χ1) is 15.1. The molecule has 160 valence electrons. The zero-order chi connectivity index (χ0) is 22.0. The molecule has 2 aromatic carbocycles. The highest BCUT2D eigenvalue weighted by Gasteiger charge is 2.25. The number of hydrogen-bond donors (Lipinski definition) is 1. The molecular formula is C23H23FN4O3. The summed E-state index contributed by atoms with van der Waals surface area (Å²) >= 11 is 0. The van der Waals surface area contributed by atoms with E-state index in [-0.39, 0.29) is 11.8 Å². The van der Waals surface area contributed by atoms with E-state index in [0.717, 1.165) is 28.7 Å². The maximum atomic E-state index is 14.2. The maximum Gasteiger partial charge on any atom is 0.165 e. The van der Waals surface area contributed by atoms with Gasteiger partial charge < -0.3 is 24.4 Å². The molecule has 0 bridgehead atoms. The van der Waals surface area contributed by atoms with Crippen molar-refractivity contribution in [3.63, 3.8) is 0 Å². The van der Waals surface area contributed by atoms with Crippen LogP contribution in [0.25, 0.3) is 10.8 Å². The van der Waals surface area contributed by atoms with Crippen molar-refractivity contribution < 1.29 is 18.6 Å². The van der Waals surface area contributed by atoms with Crippen LogP contribution in [0.1, 0.15) is 17.2 Å². The summed E-state index contributed by atoms with van der Waals surface area (Å²) in [4.78, 5) is 6.73. The lowest BCUT2D eigenvalue weighted by molar-refractivity contribution is 0.356. The van der Waals surface area contributed by atoms with Crippen LogP contribution < -0.4 is 24.4 Å². The number of fused-ring (bicyclic) bond motifs is 1. The number of benzene rings is 2. The summed E-state index contributed by atoms with van der Waals surface area (Å²) in [7, 11) is 4.58. The van der Waals surface area contributed by atoms with Crippen LogP contribution in [0.15, 0.2) is 36.5 Å². The van der Waals surface area contributed by atoms with Crippen molar-refractivity contribution in [3.05, 3.63) is 53.5 Å². The number of nitriles is 1. The first-order valence-corrected chi connectivity index (χ1v) is 9.86. The predicted octanol–water partition coefficient (Wildman–Crippen LogP) is 3.42. The highest BCUT2D eigenvalue weighted by Crippen LogP contribution is 2.38. The number of nitrogens with zero attached hydrogens (tertiary/aromatic N) is 3. The van der Waals surface area contributed by atoms with Gasteiger partial charge in [0.25, 0.3) is 0 Å². The van der Waals surface area contributed by atoms with Gasteiger partial charge in [0.05, 0.1) is 32.9 Å². The number of rotatable bonds is 5. The number of piperazine rings is 1. The number of nitrogens with one attached hydrogen (secondary N) is 1. The Hall–Kier alpha value is -3.57. The van der Waals surface area contributed by atoms with Gasteiger partial charge in [-0.2, -0.15) is 5.26 Å². The smallest absolute Gasteiger partial charge is 0.165 e. The molecule has 0 amide bonds. The Balaban J connectivity index is 1.74. The van der Waals surface area contributed by atoms with E-state index in [9.17, 15) is 9.65 Å². The van der Waals surface area contributed by atoms with Crippen molar-refractivity contribution in [2.24, 2.45) is 0 Å². The zero-order valence-electron chi connectivity index (χ0n) is 17.6. The van der Waals surface area contributed by atoms with Gasteiger partial charge in [0.2, 0.25) is 0 Å². The fourth-order valence-corrected chi connectivity index (χ4v) is 3.96. The van der Waals surface area contributed by atoms with E-state index in [4.69, 9.17) is 14.2 Å². The van der Waals surface area contributed by atoms with Crippen LogP contribution in [-0.4, -0.2) is 45.9 Å². The second kappa shape index (κ2) is 8.66. The number of halogens is 1. The Morgan fingerprint density at radius 1 is 1.06 bits per heavy atom. The van der Waals surface area contributed by atoms with Crippen LogP contribution in [0.3, 0.4) is 0 Å². The third-order valence-electron chi connectivity index (χ3n) is 5.54. The average Bonchev–Trinajstić information content (AvgIpc) is 2.82. The van der Waals surface area contributed by atoms with Gasteiger partial charge in [0.15, 0.2) is 23.1 Å². The molecule has 31 heavy (non-hydrogen) atoms. The molecule has 1 saturated heterocycles. The van der Waals surface area contributed by atoms with E-state index in [1.807, 2.05) is 12.1 Å². The molecule has 1 unspecified atom stereocenters. The Bertz CT molecular complexity index is 1160. The van der Waals surface area contributed by atoms with Crippen LogP contribution in [-0.2, 0) is 0 Å². The highest BCUT2D eigenvalue weighted by atomic mass is 19.1. The largest absolute Gasteiger partial charge is 0.494 e. The van der Waals surface area contributed by atoms with Crippen molar-refractivity contribution in [2.45, 2.75) is 6.04 Å². The Morgan fingerprint density at radius 2 is 1.77 bits per heavy atom. The summed E-state index contributed by atoms with van der Waals surface area (Å²) in [5, 5.41) is 14.5. The molecule has 0 spiro atoms. The zero-order valence-corrected chi connectivity index (χ0v) is 17.6. The summed E-state index contributed by atoms with van der Waals surface area (Å²) in [5.74, 6) is 1.69. The second-order valence-electron chi connectivity index (χ2n) is 7.21. The summed E-state index contributed by atoms with van der Waals surface area (Å²) < 4.78 is 30.1. The minimum absolute atomic E-state index is 0.0817. The number of aromatic nitrogens is 1. The molecule has 1 atom stereocenters. The molecule has 2 heterocycles. The lowest BCUT2D eigenvalue weighted by Crippen LogP contribution is -2.46. The molecule has 1 fully saturated rings. The topological polar surface area (TPSA) is 79.6 Å². The first kappa shape index (κ1) is 20.7. The Kier molecular flexibility index (Phi) is 5.78. The van der Waals surface area contributed by atoms with Gasteiger partial charge in [-0.15, -0.1) is 0 Å². The van der Waals surface area contributed by atoms with Gasteiger partial charge in [-0.3, -0.25) is 0 Å². The second-order valence-corrected chi connectivity index (χ2v) is 7.21. The highest BCUT2D eigenvalue weighted by molar-refractivity contribution is 5.98. The minimum Gasteiger partial charge on any atom is -0.494 e.